The van der Waals surface area contributed by atoms with Gasteiger partial charge in [-0.15, -0.1) is 0 Å². The Kier molecular flexibility index (Phi) is 6.13. The van der Waals surface area contributed by atoms with Gasteiger partial charge in [0.05, 0.1) is 6.61 Å². The molecule has 0 spiro atoms. The molecule has 5 nitrogen and oxygen atoms in total. The topological polar surface area (TPSA) is 64.6 Å². The number of alkyl carbamates (subject to hydrolysis) is 1. The zero-order chi connectivity index (χ0) is 21.6. The monoisotopic (exact) mass is 413 g/mol. The first-order valence-corrected chi connectivity index (χ1v) is 10.2. The number of carbonyl (C=O) groups is 2. The second-order valence-corrected chi connectivity index (χ2v) is 7.12. The molecule has 0 fully saturated rings. The van der Waals surface area contributed by atoms with Crippen LogP contribution < -0.4 is 5.32 Å². The summed E-state index contributed by atoms with van der Waals surface area (Å²) in [7, 11) is 0. The molecule has 4 aromatic rings. The van der Waals surface area contributed by atoms with E-state index >= 15 is 0 Å². The molecule has 0 unspecified atom stereocenters. The molecule has 0 aliphatic carbocycles. The van der Waals surface area contributed by atoms with E-state index in [1.54, 1.807) is 6.92 Å². The normalized spacial score (nSPS) is 11.8. The lowest BCUT2D eigenvalue weighted by Crippen LogP contribution is -2.35. The van der Waals surface area contributed by atoms with Gasteiger partial charge in [0.2, 0.25) is 0 Å². The van der Waals surface area contributed by atoms with Crippen LogP contribution in [0.5, 0.6) is 0 Å². The zero-order valence-electron chi connectivity index (χ0n) is 17.2. The summed E-state index contributed by atoms with van der Waals surface area (Å²) < 4.78 is 10.7. The molecule has 0 saturated carbocycles. The second-order valence-electron chi connectivity index (χ2n) is 7.12. The van der Waals surface area contributed by atoms with Crippen molar-refractivity contribution in [2.24, 2.45) is 0 Å². The summed E-state index contributed by atoms with van der Waals surface area (Å²) in [5.41, 5.74) is 1.56. The predicted molar refractivity (Wildman–Crippen MR) is 121 cm³/mol. The number of rotatable bonds is 6. The summed E-state index contributed by atoms with van der Waals surface area (Å²) in [6.45, 7) is 2.06. The lowest BCUT2D eigenvalue weighted by Gasteiger charge is -2.21. The van der Waals surface area contributed by atoms with Crippen LogP contribution in [0.3, 0.4) is 0 Å². The summed E-state index contributed by atoms with van der Waals surface area (Å²) >= 11 is 0. The maximum atomic E-state index is 12.9. The molecule has 0 aromatic heterocycles. The number of esters is 1. The second kappa shape index (κ2) is 9.30. The number of amides is 1. The minimum Gasteiger partial charge on any atom is -0.464 e. The van der Waals surface area contributed by atoms with Crippen LogP contribution in [0, 0.1) is 0 Å². The molecule has 0 radical (unpaired) electrons. The molecule has 0 heterocycles. The molecule has 1 N–H and O–H groups in total. The highest BCUT2D eigenvalue weighted by atomic mass is 16.6. The first kappa shape index (κ1) is 20.4. The van der Waals surface area contributed by atoms with E-state index in [-0.39, 0.29) is 13.2 Å². The SMILES string of the molecule is CCOC(=O)[C@@H](NC(=O)OCc1ccccc1)c1c2ccccc2cc2ccccc12. The van der Waals surface area contributed by atoms with Crippen molar-refractivity contribution >= 4 is 33.6 Å². The third-order valence-electron chi connectivity index (χ3n) is 5.10. The number of fused-ring (bicyclic) bond motifs is 2. The highest BCUT2D eigenvalue weighted by Gasteiger charge is 2.28. The lowest BCUT2D eigenvalue weighted by atomic mass is 9.92. The van der Waals surface area contributed by atoms with Crippen LogP contribution >= 0.6 is 0 Å². The van der Waals surface area contributed by atoms with Gasteiger partial charge in [0, 0.05) is 5.56 Å². The summed E-state index contributed by atoms with van der Waals surface area (Å²) in [5.74, 6) is -0.527. The average molecular weight is 413 g/mol. The van der Waals surface area contributed by atoms with Crippen molar-refractivity contribution in [1.82, 2.24) is 5.32 Å². The number of hydrogen-bond acceptors (Lipinski definition) is 4. The van der Waals surface area contributed by atoms with Gasteiger partial charge in [-0.2, -0.15) is 0 Å². The van der Waals surface area contributed by atoms with Crippen LogP contribution in [0.1, 0.15) is 24.1 Å². The van der Waals surface area contributed by atoms with Crippen molar-refractivity contribution in [3.05, 3.63) is 96.1 Å². The predicted octanol–water partition coefficient (Wildman–Crippen LogP) is 5.52. The van der Waals surface area contributed by atoms with Gasteiger partial charge in [-0.25, -0.2) is 9.59 Å². The molecule has 0 aliphatic rings. The summed E-state index contributed by atoms with van der Waals surface area (Å²) in [4.78, 5) is 25.6. The molecule has 1 amide bonds. The van der Waals surface area contributed by atoms with Gasteiger partial charge in [0.15, 0.2) is 6.04 Å². The van der Waals surface area contributed by atoms with Crippen molar-refractivity contribution in [3.8, 4) is 0 Å². The quantitative estimate of drug-likeness (QED) is 0.334. The first-order valence-electron chi connectivity index (χ1n) is 10.2. The molecule has 4 aromatic carbocycles. The van der Waals surface area contributed by atoms with E-state index in [4.69, 9.17) is 9.47 Å². The van der Waals surface area contributed by atoms with Gasteiger partial charge in [-0.1, -0.05) is 78.9 Å². The molecule has 5 heteroatoms. The van der Waals surface area contributed by atoms with Crippen LogP contribution in [0.25, 0.3) is 21.5 Å². The summed E-state index contributed by atoms with van der Waals surface area (Å²) in [6.07, 6.45) is -0.682. The van der Waals surface area contributed by atoms with Gasteiger partial charge < -0.3 is 14.8 Å². The van der Waals surface area contributed by atoms with Crippen molar-refractivity contribution in [1.29, 1.82) is 0 Å². The van der Waals surface area contributed by atoms with Crippen molar-refractivity contribution in [3.63, 3.8) is 0 Å². The Bertz CT molecular complexity index is 1170. The number of nitrogens with one attached hydrogen (secondary N) is 1. The third-order valence-corrected chi connectivity index (χ3v) is 5.10. The van der Waals surface area contributed by atoms with E-state index in [1.807, 2.05) is 78.9 Å². The fourth-order valence-electron chi connectivity index (χ4n) is 3.72. The van der Waals surface area contributed by atoms with E-state index in [2.05, 4.69) is 11.4 Å². The Morgan fingerprint density at radius 2 is 1.39 bits per heavy atom. The molecule has 1 atom stereocenters. The van der Waals surface area contributed by atoms with Crippen molar-refractivity contribution < 1.29 is 19.1 Å². The standard InChI is InChI=1S/C26H23NO4/c1-2-30-25(28)24(27-26(29)31-17-18-10-4-3-5-11-18)23-21-14-8-6-12-19(21)16-20-13-7-9-15-22(20)23/h3-16,24H,2,17H2,1H3,(H,27,29)/t24-/m0/s1. The number of hydrogen-bond donors (Lipinski definition) is 1. The van der Waals surface area contributed by atoms with E-state index < -0.39 is 18.1 Å². The fourth-order valence-corrected chi connectivity index (χ4v) is 3.72. The Balaban J connectivity index is 1.73. The summed E-state index contributed by atoms with van der Waals surface area (Å²) in [6, 6.07) is 26.0. The van der Waals surface area contributed by atoms with Crippen LogP contribution in [-0.2, 0) is 20.9 Å². The fraction of sp³-hybridized carbons (Fsp3) is 0.154. The number of benzene rings is 4. The van der Waals surface area contributed by atoms with E-state index in [0.717, 1.165) is 27.1 Å². The highest BCUT2D eigenvalue weighted by Crippen LogP contribution is 2.33. The minimum absolute atomic E-state index is 0.110. The smallest absolute Gasteiger partial charge is 0.408 e. The first-order chi connectivity index (χ1) is 15.2. The summed E-state index contributed by atoms with van der Waals surface area (Å²) in [5, 5.41) is 6.45. The van der Waals surface area contributed by atoms with Crippen LogP contribution in [-0.4, -0.2) is 18.7 Å². The van der Waals surface area contributed by atoms with Crippen molar-refractivity contribution in [2.45, 2.75) is 19.6 Å². The molecular weight excluding hydrogens is 390 g/mol. The maximum Gasteiger partial charge on any atom is 0.408 e. The Labute approximate surface area is 180 Å². The molecule has 4 rings (SSSR count). The molecule has 0 aliphatic heterocycles. The van der Waals surface area contributed by atoms with Gasteiger partial charge in [-0.3, -0.25) is 0 Å². The van der Waals surface area contributed by atoms with Gasteiger partial charge in [0.25, 0.3) is 0 Å². The van der Waals surface area contributed by atoms with Gasteiger partial charge in [0.1, 0.15) is 6.61 Å². The molecule has 0 bridgehead atoms. The lowest BCUT2D eigenvalue weighted by molar-refractivity contribution is -0.145. The zero-order valence-corrected chi connectivity index (χ0v) is 17.2. The number of carbonyl (C=O) groups excluding carboxylic acids is 2. The van der Waals surface area contributed by atoms with Crippen LogP contribution in [0.2, 0.25) is 0 Å². The maximum absolute atomic E-state index is 12.9. The van der Waals surface area contributed by atoms with Crippen molar-refractivity contribution in [2.75, 3.05) is 6.61 Å². The third kappa shape index (κ3) is 4.51. The Morgan fingerprint density at radius 1 is 0.806 bits per heavy atom. The minimum atomic E-state index is -1.00. The largest absolute Gasteiger partial charge is 0.464 e. The Morgan fingerprint density at radius 3 is 2.00 bits per heavy atom. The Hall–Kier alpha value is -3.86. The molecular formula is C26H23NO4. The number of ether oxygens (including phenoxy) is 2. The van der Waals surface area contributed by atoms with E-state index in [9.17, 15) is 9.59 Å². The molecule has 0 saturated heterocycles. The van der Waals surface area contributed by atoms with Crippen LogP contribution in [0.4, 0.5) is 4.79 Å². The van der Waals surface area contributed by atoms with E-state index in [0.29, 0.717) is 5.56 Å². The average Bonchev–Trinajstić information content (AvgIpc) is 2.80. The van der Waals surface area contributed by atoms with E-state index in [1.165, 1.54) is 0 Å². The highest BCUT2D eigenvalue weighted by molar-refractivity contribution is 6.05. The molecule has 156 valence electrons. The molecule has 31 heavy (non-hydrogen) atoms. The van der Waals surface area contributed by atoms with Gasteiger partial charge >= 0.3 is 12.1 Å². The van der Waals surface area contributed by atoms with Crippen LogP contribution in [0.15, 0.2) is 84.9 Å². The van der Waals surface area contributed by atoms with Gasteiger partial charge in [-0.05, 0) is 40.1 Å².